The Hall–Kier alpha value is -1.84. The van der Waals surface area contributed by atoms with Crippen molar-refractivity contribution in [3.05, 3.63) is 35.8 Å². The van der Waals surface area contributed by atoms with Crippen LogP contribution in [0.5, 0.6) is 0 Å². The summed E-state index contributed by atoms with van der Waals surface area (Å²) in [5.74, 6) is -0.246. The average molecular weight is 191 g/mol. The summed E-state index contributed by atoms with van der Waals surface area (Å²) in [6.07, 6.45) is 1.54. The molecule has 0 spiro atoms. The summed E-state index contributed by atoms with van der Waals surface area (Å²) >= 11 is 0. The van der Waals surface area contributed by atoms with Crippen molar-refractivity contribution in [1.82, 2.24) is 10.2 Å². The van der Waals surface area contributed by atoms with E-state index in [1.807, 2.05) is 6.92 Å². The van der Waals surface area contributed by atoms with Gasteiger partial charge in [-0.25, -0.2) is 4.39 Å². The van der Waals surface area contributed by atoms with Gasteiger partial charge in [-0.15, -0.1) is 0 Å². The van der Waals surface area contributed by atoms with Gasteiger partial charge in [0.25, 0.3) is 0 Å². The second-order valence-corrected chi connectivity index (χ2v) is 3.16. The van der Waals surface area contributed by atoms with Crippen LogP contribution in [0.25, 0.3) is 11.3 Å². The van der Waals surface area contributed by atoms with E-state index in [1.165, 1.54) is 18.3 Å². The minimum atomic E-state index is -0.246. The number of nitrogens with zero attached hydrogens (tertiary/aromatic N) is 1. The third-order valence-corrected chi connectivity index (χ3v) is 2.13. The fourth-order valence-electron chi connectivity index (χ4n) is 1.42. The van der Waals surface area contributed by atoms with Gasteiger partial charge in [0.05, 0.1) is 17.6 Å². The lowest BCUT2D eigenvalue weighted by Crippen LogP contribution is -1.90. The van der Waals surface area contributed by atoms with Crippen LogP contribution >= 0.6 is 0 Å². The molecule has 0 aliphatic heterocycles. The van der Waals surface area contributed by atoms with Gasteiger partial charge in [-0.05, 0) is 30.7 Å². The number of aromatic nitrogens is 2. The fraction of sp³-hybridized carbons (Fsp3) is 0.100. The Morgan fingerprint density at radius 3 is 2.79 bits per heavy atom. The molecule has 0 fully saturated rings. The molecule has 3 nitrogen and oxygen atoms in total. The molecule has 0 saturated carbocycles. The first-order valence-electron chi connectivity index (χ1n) is 4.24. The lowest BCUT2D eigenvalue weighted by Gasteiger charge is -2.03. The Kier molecular flexibility index (Phi) is 1.96. The number of anilines is 1. The smallest absolute Gasteiger partial charge is 0.123 e. The molecule has 0 saturated heterocycles. The van der Waals surface area contributed by atoms with Crippen molar-refractivity contribution >= 4 is 5.69 Å². The van der Waals surface area contributed by atoms with E-state index >= 15 is 0 Å². The van der Waals surface area contributed by atoms with Gasteiger partial charge in [0.15, 0.2) is 0 Å². The first-order valence-corrected chi connectivity index (χ1v) is 4.24. The zero-order chi connectivity index (χ0) is 10.1. The molecule has 0 bridgehead atoms. The highest BCUT2D eigenvalue weighted by atomic mass is 19.1. The third-order valence-electron chi connectivity index (χ3n) is 2.13. The van der Waals surface area contributed by atoms with E-state index in [9.17, 15) is 4.39 Å². The van der Waals surface area contributed by atoms with E-state index < -0.39 is 0 Å². The number of rotatable bonds is 1. The third kappa shape index (κ3) is 1.35. The summed E-state index contributed by atoms with van der Waals surface area (Å²) in [7, 11) is 0. The normalized spacial score (nSPS) is 10.4. The minimum Gasteiger partial charge on any atom is -0.396 e. The van der Waals surface area contributed by atoms with Crippen LogP contribution in [0.15, 0.2) is 24.4 Å². The molecule has 14 heavy (non-hydrogen) atoms. The molecule has 0 radical (unpaired) electrons. The van der Waals surface area contributed by atoms with Crippen LogP contribution in [0.4, 0.5) is 10.1 Å². The maximum absolute atomic E-state index is 12.8. The zero-order valence-electron chi connectivity index (χ0n) is 7.71. The first-order chi connectivity index (χ1) is 6.68. The molecule has 0 amide bonds. The summed E-state index contributed by atoms with van der Waals surface area (Å²) < 4.78 is 12.8. The first kappa shape index (κ1) is 8.74. The minimum absolute atomic E-state index is 0.246. The van der Waals surface area contributed by atoms with E-state index in [1.54, 1.807) is 6.07 Å². The highest BCUT2D eigenvalue weighted by molar-refractivity contribution is 5.74. The number of aryl methyl sites for hydroxylation is 1. The Labute approximate surface area is 80.8 Å². The van der Waals surface area contributed by atoms with Gasteiger partial charge in [0.1, 0.15) is 5.82 Å². The molecule has 1 aromatic heterocycles. The van der Waals surface area contributed by atoms with Crippen molar-refractivity contribution in [2.75, 3.05) is 5.73 Å². The Morgan fingerprint density at radius 2 is 2.21 bits per heavy atom. The predicted octanol–water partition coefficient (Wildman–Crippen LogP) is 2.11. The molecular formula is C10H10FN3. The molecule has 4 heteroatoms. The Bertz CT molecular complexity index is 462. The van der Waals surface area contributed by atoms with E-state index in [0.717, 1.165) is 16.8 Å². The van der Waals surface area contributed by atoms with Crippen LogP contribution in [0.2, 0.25) is 0 Å². The summed E-state index contributed by atoms with van der Waals surface area (Å²) in [6.45, 7) is 1.83. The summed E-state index contributed by atoms with van der Waals surface area (Å²) in [5.41, 5.74) is 8.71. The number of nitrogens with two attached hydrogens (primary N) is 1. The highest BCUT2D eigenvalue weighted by Gasteiger charge is 2.07. The number of halogens is 1. The molecular weight excluding hydrogens is 181 g/mol. The number of hydrogen-bond donors (Lipinski definition) is 2. The van der Waals surface area contributed by atoms with Crippen LogP contribution in [0.3, 0.4) is 0 Å². The second kappa shape index (κ2) is 3.14. The van der Waals surface area contributed by atoms with Crippen LogP contribution in [0.1, 0.15) is 5.56 Å². The van der Waals surface area contributed by atoms with Crippen LogP contribution in [-0.2, 0) is 0 Å². The predicted molar refractivity (Wildman–Crippen MR) is 53.1 cm³/mol. The molecule has 0 atom stereocenters. The van der Waals surface area contributed by atoms with E-state index in [4.69, 9.17) is 5.73 Å². The number of nitrogen functional groups attached to an aromatic ring is 1. The molecule has 72 valence electrons. The molecule has 0 aliphatic carbocycles. The summed E-state index contributed by atoms with van der Waals surface area (Å²) in [6, 6.07) is 4.56. The van der Waals surface area contributed by atoms with Crippen molar-refractivity contribution in [1.29, 1.82) is 0 Å². The summed E-state index contributed by atoms with van der Waals surface area (Å²) in [5, 5.41) is 6.60. The second-order valence-electron chi connectivity index (χ2n) is 3.16. The van der Waals surface area contributed by atoms with Crippen LogP contribution in [-0.4, -0.2) is 10.2 Å². The van der Waals surface area contributed by atoms with Crippen LogP contribution < -0.4 is 5.73 Å². The lowest BCUT2D eigenvalue weighted by atomic mass is 10.1. The van der Waals surface area contributed by atoms with Crippen molar-refractivity contribution in [2.45, 2.75) is 6.92 Å². The van der Waals surface area contributed by atoms with Gasteiger partial charge >= 0.3 is 0 Å². The highest BCUT2D eigenvalue weighted by Crippen LogP contribution is 2.26. The largest absolute Gasteiger partial charge is 0.396 e. The monoisotopic (exact) mass is 191 g/mol. The van der Waals surface area contributed by atoms with Crippen molar-refractivity contribution in [3.63, 3.8) is 0 Å². The van der Waals surface area contributed by atoms with Gasteiger partial charge in [0.2, 0.25) is 0 Å². The number of benzene rings is 1. The van der Waals surface area contributed by atoms with Gasteiger partial charge in [0, 0.05) is 5.56 Å². The summed E-state index contributed by atoms with van der Waals surface area (Å²) in [4.78, 5) is 0. The SMILES string of the molecule is Cc1cc(F)ccc1-c1[nH]ncc1N. The lowest BCUT2D eigenvalue weighted by molar-refractivity contribution is 0.627. The van der Waals surface area contributed by atoms with E-state index in [0.29, 0.717) is 5.69 Å². The molecule has 2 aromatic rings. The van der Waals surface area contributed by atoms with Crippen LogP contribution in [0, 0.1) is 12.7 Å². The molecule has 2 rings (SSSR count). The number of aromatic amines is 1. The molecule has 0 aliphatic rings. The number of nitrogens with one attached hydrogen (secondary N) is 1. The zero-order valence-corrected chi connectivity index (χ0v) is 7.71. The van der Waals surface area contributed by atoms with Crippen molar-refractivity contribution in [3.8, 4) is 11.3 Å². The standard InChI is InChI=1S/C10H10FN3/c1-6-4-7(11)2-3-8(6)10-9(12)5-13-14-10/h2-5H,12H2,1H3,(H,13,14). The average Bonchev–Trinajstić information content (AvgIpc) is 2.52. The van der Waals surface area contributed by atoms with E-state index in [-0.39, 0.29) is 5.82 Å². The number of H-pyrrole nitrogens is 1. The van der Waals surface area contributed by atoms with Crippen molar-refractivity contribution < 1.29 is 4.39 Å². The van der Waals surface area contributed by atoms with Gasteiger partial charge < -0.3 is 5.73 Å². The Morgan fingerprint density at radius 1 is 1.43 bits per heavy atom. The van der Waals surface area contributed by atoms with Gasteiger partial charge in [-0.3, -0.25) is 5.10 Å². The maximum Gasteiger partial charge on any atom is 0.123 e. The quantitative estimate of drug-likeness (QED) is 0.725. The molecule has 1 heterocycles. The Balaban J connectivity index is 2.58. The molecule has 3 N–H and O–H groups in total. The van der Waals surface area contributed by atoms with Gasteiger partial charge in [-0.1, -0.05) is 0 Å². The number of hydrogen-bond acceptors (Lipinski definition) is 2. The molecule has 1 aromatic carbocycles. The van der Waals surface area contributed by atoms with E-state index in [2.05, 4.69) is 10.2 Å². The topological polar surface area (TPSA) is 54.7 Å². The van der Waals surface area contributed by atoms with Gasteiger partial charge in [-0.2, -0.15) is 5.10 Å². The fourth-order valence-corrected chi connectivity index (χ4v) is 1.42. The van der Waals surface area contributed by atoms with Crippen molar-refractivity contribution in [2.24, 2.45) is 0 Å². The maximum atomic E-state index is 12.8. The molecule has 0 unspecified atom stereocenters.